The predicted molar refractivity (Wildman–Crippen MR) is 95.3 cm³/mol. The third-order valence-corrected chi connectivity index (χ3v) is 3.49. The molecule has 0 bridgehead atoms. The van der Waals surface area contributed by atoms with Crippen LogP contribution in [-0.4, -0.2) is 36.9 Å². The zero-order chi connectivity index (χ0) is 17.7. The summed E-state index contributed by atoms with van der Waals surface area (Å²) in [5, 5.41) is 5.43. The fraction of sp³-hybridized carbons (Fsp3) is 0.278. The van der Waals surface area contributed by atoms with E-state index < -0.39 is 6.04 Å². The highest BCUT2D eigenvalue weighted by molar-refractivity contribution is 6.01. The third kappa shape index (κ3) is 4.55. The zero-order valence-corrected chi connectivity index (χ0v) is 14.3. The standard InChI is InChI=1S/C18H22N4O2/c1-12-6-5-7-14(10-12)18(24)20-13(2)17(23)21-15-8-9-16(19-11-15)22(3)4/h5-11,13H,1-4H3,(H,20,24)(H,21,23). The molecule has 6 nitrogen and oxygen atoms in total. The molecule has 1 aromatic heterocycles. The molecule has 0 radical (unpaired) electrons. The highest BCUT2D eigenvalue weighted by Gasteiger charge is 2.17. The second kappa shape index (κ2) is 7.59. The molecule has 2 rings (SSSR count). The number of aromatic nitrogens is 1. The van der Waals surface area contributed by atoms with Gasteiger partial charge in [0.05, 0.1) is 11.9 Å². The molecule has 0 fully saturated rings. The van der Waals surface area contributed by atoms with E-state index in [1.54, 1.807) is 31.3 Å². The van der Waals surface area contributed by atoms with Crippen molar-refractivity contribution in [1.29, 1.82) is 0 Å². The number of carbonyl (C=O) groups excluding carboxylic acids is 2. The van der Waals surface area contributed by atoms with Gasteiger partial charge in [0, 0.05) is 19.7 Å². The first-order chi connectivity index (χ1) is 11.4. The number of nitrogens with one attached hydrogen (secondary N) is 2. The van der Waals surface area contributed by atoms with Crippen LogP contribution in [0.15, 0.2) is 42.6 Å². The Morgan fingerprint density at radius 1 is 1.17 bits per heavy atom. The number of carbonyl (C=O) groups is 2. The number of anilines is 2. The molecule has 1 atom stereocenters. The van der Waals surface area contributed by atoms with Gasteiger partial charge in [-0.05, 0) is 38.1 Å². The van der Waals surface area contributed by atoms with Crippen LogP contribution in [0.5, 0.6) is 0 Å². The molecule has 6 heteroatoms. The number of amides is 2. The summed E-state index contributed by atoms with van der Waals surface area (Å²) in [4.78, 5) is 30.5. The molecule has 0 aliphatic heterocycles. The normalized spacial score (nSPS) is 11.5. The quantitative estimate of drug-likeness (QED) is 0.883. The van der Waals surface area contributed by atoms with E-state index in [0.29, 0.717) is 11.3 Å². The summed E-state index contributed by atoms with van der Waals surface area (Å²) >= 11 is 0. The van der Waals surface area contributed by atoms with E-state index in [1.807, 2.05) is 44.1 Å². The Labute approximate surface area is 141 Å². The SMILES string of the molecule is Cc1cccc(C(=O)NC(C)C(=O)Nc2ccc(N(C)C)nc2)c1. The number of pyridine rings is 1. The fourth-order valence-corrected chi connectivity index (χ4v) is 2.11. The van der Waals surface area contributed by atoms with Crippen molar-refractivity contribution in [3.63, 3.8) is 0 Å². The lowest BCUT2D eigenvalue weighted by atomic mass is 10.1. The molecule has 1 unspecified atom stereocenters. The minimum atomic E-state index is -0.661. The minimum absolute atomic E-state index is 0.276. The Morgan fingerprint density at radius 3 is 2.50 bits per heavy atom. The number of nitrogens with zero attached hydrogens (tertiary/aromatic N) is 2. The summed E-state index contributed by atoms with van der Waals surface area (Å²) in [6.45, 7) is 3.56. The lowest BCUT2D eigenvalue weighted by molar-refractivity contribution is -0.117. The van der Waals surface area contributed by atoms with Gasteiger partial charge in [-0.15, -0.1) is 0 Å². The average Bonchev–Trinajstić information content (AvgIpc) is 2.55. The average molecular weight is 326 g/mol. The van der Waals surface area contributed by atoms with Crippen molar-refractivity contribution in [3.8, 4) is 0 Å². The van der Waals surface area contributed by atoms with Gasteiger partial charge >= 0.3 is 0 Å². The van der Waals surface area contributed by atoms with Crippen LogP contribution in [0, 0.1) is 6.92 Å². The molecule has 2 amide bonds. The second-order valence-electron chi connectivity index (χ2n) is 5.85. The summed E-state index contributed by atoms with van der Waals surface area (Å²) in [6, 6.07) is 10.2. The van der Waals surface area contributed by atoms with Crippen LogP contribution in [-0.2, 0) is 4.79 Å². The Kier molecular flexibility index (Phi) is 5.52. The van der Waals surface area contributed by atoms with Crippen LogP contribution in [0.3, 0.4) is 0 Å². The van der Waals surface area contributed by atoms with Gasteiger partial charge in [0.2, 0.25) is 5.91 Å². The molecule has 2 N–H and O–H groups in total. The van der Waals surface area contributed by atoms with Crippen molar-refractivity contribution in [2.24, 2.45) is 0 Å². The smallest absolute Gasteiger partial charge is 0.251 e. The van der Waals surface area contributed by atoms with Gasteiger partial charge in [0.15, 0.2) is 0 Å². The molecule has 0 aliphatic rings. The predicted octanol–water partition coefficient (Wildman–Crippen LogP) is 2.21. The van der Waals surface area contributed by atoms with Crippen molar-refractivity contribution in [3.05, 3.63) is 53.7 Å². The topological polar surface area (TPSA) is 74.3 Å². The summed E-state index contributed by atoms with van der Waals surface area (Å²) in [5.74, 6) is 0.228. The first-order valence-electron chi connectivity index (χ1n) is 7.68. The number of rotatable bonds is 5. The van der Waals surface area contributed by atoms with E-state index in [4.69, 9.17) is 0 Å². The minimum Gasteiger partial charge on any atom is -0.363 e. The highest BCUT2D eigenvalue weighted by Crippen LogP contribution is 2.12. The molecular formula is C18H22N4O2. The number of aryl methyl sites for hydroxylation is 1. The van der Waals surface area contributed by atoms with Gasteiger partial charge in [0.1, 0.15) is 11.9 Å². The van der Waals surface area contributed by atoms with E-state index in [0.717, 1.165) is 11.4 Å². The Hall–Kier alpha value is -2.89. The lowest BCUT2D eigenvalue weighted by Gasteiger charge is -2.15. The van der Waals surface area contributed by atoms with Gasteiger partial charge < -0.3 is 15.5 Å². The molecule has 1 aromatic carbocycles. The molecule has 0 spiro atoms. The van der Waals surface area contributed by atoms with Crippen LogP contribution in [0.2, 0.25) is 0 Å². The van der Waals surface area contributed by atoms with Crippen LogP contribution >= 0.6 is 0 Å². The van der Waals surface area contributed by atoms with Crippen molar-refractivity contribution in [2.75, 3.05) is 24.3 Å². The van der Waals surface area contributed by atoms with Gasteiger partial charge in [-0.25, -0.2) is 4.98 Å². The second-order valence-corrected chi connectivity index (χ2v) is 5.85. The largest absolute Gasteiger partial charge is 0.363 e. The van der Waals surface area contributed by atoms with Crippen molar-refractivity contribution in [1.82, 2.24) is 10.3 Å². The Bertz CT molecular complexity index is 726. The molecule has 126 valence electrons. The third-order valence-electron chi connectivity index (χ3n) is 3.49. The van der Waals surface area contributed by atoms with E-state index in [9.17, 15) is 9.59 Å². The van der Waals surface area contributed by atoms with Crippen LogP contribution in [0.4, 0.5) is 11.5 Å². The fourth-order valence-electron chi connectivity index (χ4n) is 2.11. The van der Waals surface area contributed by atoms with Crippen molar-refractivity contribution < 1.29 is 9.59 Å². The van der Waals surface area contributed by atoms with Crippen LogP contribution < -0.4 is 15.5 Å². The van der Waals surface area contributed by atoms with Gasteiger partial charge in [-0.2, -0.15) is 0 Å². The number of hydrogen-bond acceptors (Lipinski definition) is 4. The zero-order valence-electron chi connectivity index (χ0n) is 14.3. The molecule has 0 saturated heterocycles. The summed E-state index contributed by atoms with van der Waals surface area (Å²) in [6.07, 6.45) is 1.59. The molecular weight excluding hydrogens is 304 g/mol. The maximum Gasteiger partial charge on any atom is 0.251 e. The summed E-state index contributed by atoms with van der Waals surface area (Å²) < 4.78 is 0. The molecule has 0 aliphatic carbocycles. The maximum atomic E-state index is 12.2. The van der Waals surface area contributed by atoms with Crippen LogP contribution in [0.1, 0.15) is 22.8 Å². The van der Waals surface area contributed by atoms with E-state index in [2.05, 4.69) is 15.6 Å². The monoisotopic (exact) mass is 326 g/mol. The Balaban J connectivity index is 1.95. The first kappa shape index (κ1) is 17.5. The summed E-state index contributed by atoms with van der Waals surface area (Å²) in [5.41, 5.74) is 2.11. The first-order valence-corrected chi connectivity index (χ1v) is 7.68. The molecule has 0 saturated carbocycles. The van der Waals surface area contributed by atoms with Gasteiger partial charge in [0.25, 0.3) is 5.91 Å². The Morgan fingerprint density at radius 2 is 1.92 bits per heavy atom. The molecule has 2 aromatic rings. The number of benzene rings is 1. The molecule has 1 heterocycles. The van der Waals surface area contributed by atoms with Crippen molar-refractivity contribution in [2.45, 2.75) is 19.9 Å². The molecule has 24 heavy (non-hydrogen) atoms. The van der Waals surface area contributed by atoms with Crippen LogP contribution in [0.25, 0.3) is 0 Å². The van der Waals surface area contributed by atoms with E-state index in [1.165, 1.54) is 0 Å². The highest BCUT2D eigenvalue weighted by atomic mass is 16.2. The lowest BCUT2D eigenvalue weighted by Crippen LogP contribution is -2.41. The van der Waals surface area contributed by atoms with Crippen molar-refractivity contribution >= 4 is 23.3 Å². The summed E-state index contributed by atoms with van der Waals surface area (Å²) in [7, 11) is 3.78. The maximum absolute atomic E-state index is 12.2. The van der Waals surface area contributed by atoms with Gasteiger partial charge in [-0.1, -0.05) is 17.7 Å². The van der Waals surface area contributed by atoms with E-state index in [-0.39, 0.29) is 11.8 Å². The van der Waals surface area contributed by atoms with Gasteiger partial charge in [-0.3, -0.25) is 9.59 Å². The number of hydrogen-bond donors (Lipinski definition) is 2. The van der Waals surface area contributed by atoms with E-state index >= 15 is 0 Å².